The fourth-order valence-electron chi connectivity index (χ4n) is 1.51. The Balaban J connectivity index is 0.00000112. The SMILES string of the molecule is Cc1c(-c2ccncc2)c(N)nn1C.O.O. The molecule has 0 atom stereocenters. The monoisotopic (exact) mass is 224 g/mol. The summed E-state index contributed by atoms with van der Waals surface area (Å²) in [7, 11) is 1.89. The van der Waals surface area contributed by atoms with Crippen molar-refractivity contribution in [3.8, 4) is 11.1 Å². The lowest BCUT2D eigenvalue weighted by Gasteiger charge is -2.00. The molecule has 2 aromatic heterocycles. The van der Waals surface area contributed by atoms with Crippen molar-refractivity contribution in [1.82, 2.24) is 14.8 Å². The molecule has 0 fully saturated rings. The van der Waals surface area contributed by atoms with E-state index in [2.05, 4.69) is 10.1 Å². The normalized spacial score (nSPS) is 9.12. The molecule has 2 rings (SSSR count). The number of rotatable bonds is 1. The molecule has 0 aliphatic rings. The van der Waals surface area contributed by atoms with Crippen LogP contribution < -0.4 is 5.73 Å². The van der Waals surface area contributed by atoms with Gasteiger partial charge in [-0.15, -0.1) is 0 Å². The summed E-state index contributed by atoms with van der Waals surface area (Å²) in [4.78, 5) is 3.97. The summed E-state index contributed by atoms with van der Waals surface area (Å²) in [5, 5.41) is 4.16. The highest BCUT2D eigenvalue weighted by Crippen LogP contribution is 2.27. The maximum atomic E-state index is 5.82. The molecule has 6 heteroatoms. The first-order valence-corrected chi connectivity index (χ1v) is 4.39. The summed E-state index contributed by atoms with van der Waals surface area (Å²) >= 11 is 0. The lowest BCUT2D eigenvalue weighted by Crippen LogP contribution is -1.93. The minimum Gasteiger partial charge on any atom is -0.412 e. The van der Waals surface area contributed by atoms with Crippen molar-refractivity contribution in [1.29, 1.82) is 0 Å². The summed E-state index contributed by atoms with van der Waals surface area (Å²) in [5.41, 5.74) is 8.94. The first-order chi connectivity index (χ1) is 6.70. The maximum absolute atomic E-state index is 5.82. The van der Waals surface area contributed by atoms with E-state index in [0.717, 1.165) is 16.8 Å². The van der Waals surface area contributed by atoms with Crippen LogP contribution in [0.5, 0.6) is 0 Å². The second-order valence-corrected chi connectivity index (χ2v) is 3.21. The van der Waals surface area contributed by atoms with Gasteiger partial charge in [0.25, 0.3) is 0 Å². The second kappa shape index (κ2) is 5.24. The van der Waals surface area contributed by atoms with Crippen LogP contribution in [-0.2, 0) is 7.05 Å². The zero-order valence-corrected chi connectivity index (χ0v) is 9.23. The third kappa shape index (κ3) is 2.18. The van der Waals surface area contributed by atoms with Gasteiger partial charge in [0.15, 0.2) is 5.82 Å². The molecular formula is C10H16N4O2. The molecule has 16 heavy (non-hydrogen) atoms. The number of aryl methyl sites for hydroxylation is 1. The third-order valence-electron chi connectivity index (χ3n) is 2.33. The highest BCUT2D eigenvalue weighted by molar-refractivity contribution is 5.75. The summed E-state index contributed by atoms with van der Waals surface area (Å²) in [6.07, 6.45) is 3.50. The van der Waals surface area contributed by atoms with Crippen molar-refractivity contribution >= 4 is 5.82 Å². The Morgan fingerprint density at radius 3 is 2.19 bits per heavy atom. The minimum atomic E-state index is 0. The van der Waals surface area contributed by atoms with Gasteiger partial charge in [-0.05, 0) is 24.6 Å². The number of aromatic nitrogens is 3. The Hall–Kier alpha value is -1.92. The van der Waals surface area contributed by atoms with Gasteiger partial charge in [0.2, 0.25) is 0 Å². The van der Waals surface area contributed by atoms with Crippen molar-refractivity contribution < 1.29 is 11.0 Å². The molecule has 0 saturated heterocycles. The van der Waals surface area contributed by atoms with E-state index in [1.807, 2.05) is 26.1 Å². The number of hydrogen-bond donors (Lipinski definition) is 1. The zero-order chi connectivity index (χ0) is 10.1. The Labute approximate surface area is 93.3 Å². The van der Waals surface area contributed by atoms with Gasteiger partial charge >= 0.3 is 0 Å². The van der Waals surface area contributed by atoms with E-state index in [1.54, 1.807) is 17.1 Å². The topological polar surface area (TPSA) is 120 Å². The van der Waals surface area contributed by atoms with Crippen LogP contribution in [0, 0.1) is 6.92 Å². The molecular weight excluding hydrogens is 208 g/mol. The van der Waals surface area contributed by atoms with Crippen molar-refractivity contribution in [2.45, 2.75) is 6.92 Å². The number of pyridine rings is 1. The molecule has 0 aromatic carbocycles. The molecule has 0 aliphatic carbocycles. The van der Waals surface area contributed by atoms with Gasteiger partial charge in [0.1, 0.15) is 0 Å². The average Bonchev–Trinajstić information content (AvgIpc) is 2.43. The highest BCUT2D eigenvalue weighted by Gasteiger charge is 2.11. The predicted octanol–water partition coefficient (Wildman–Crippen LogP) is -0.277. The largest absolute Gasteiger partial charge is 0.412 e. The zero-order valence-electron chi connectivity index (χ0n) is 9.23. The first-order valence-electron chi connectivity index (χ1n) is 4.39. The van der Waals surface area contributed by atoms with Crippen LogP contribution in [0.3, 0.4) is 0 Å². The number of nitrogens with zero attached hydrogens (tertiary/aromatic N) is 3. The molecule has 0 radical (unpaired) electrons. The minimum absolute atomic E-state index is 0. The van der Waals surface area contributed by atoms with E-state index >= 15 is 0 Å². The van der Waals surface area contributed by atoms with Crippen LogP contribution in [0.1, 0.15) is 5.69 Å². The van der Waals surface area contributed by atoms with Crippen LogP contribution >= 0.6 is 0 Å². The molecule has 2 heterocycles. The van der Waals surface area contributed by atoms with E-state index in [4.69, 9.17) is 5.73 Å². The molecule has 0 spiro atoms. The van der Waals surface area contributed by atoms with E-state index in [0.29, 0.717) is 5.82 Å². The van der Waals surface area contributed by atoms with Gasteiger partial charge < -0.3 is 16.7 Å². The molecule has 88 valence electrons. The highest BCUT2D eigenvalue weighted by atomic mass is 16.0. The fourth-order valence-corrected chi connectivity index (χ4v) is 1.51. The van der Waals surface area contributed by atoms with E-state index in [1.165, 1.54) is 0 Å². The number of nitrogen functional groups attached to an aromatic ring is 1. The molecule has 6 nitrogen and oxygen atoms in total. The van der Waals surface area contributed by atoms with E-state index in [-0.39, 0.29) is 11.0 Å². The van der Waals surface area contributed by atoms with Gasteiger partial charge in [0.05, 0.1) is 0 Å². The van der Waals surface area contributed by atoms with Gasteiger partial charge in [-0.25, -0.2) is 0 Å². The Bertz CT molecular complexity index is 453. The molecule has 0 aliphatic heterocycles. The molecule has 0 saturated carbocycles. The lowest BCUT2D eigenvalue weighted by atomic mass is 10.1. The van der Waals surface area contributed by atoms with Crippen molar-refractivity contribution in [2.24, 2.45) is 7.05 Å². The quantitative estimate of drug-likeness (QED) is 0.717. The van der Waals surface area contributed by atoms with Gasteiger partial charge in [-0.1, -0.05) is 0 Å². The van der Waals surface area contributed by atoms with Gasteiger partial charge in [-0.3, -0.25) is 9.67 Å². The lowest BCUT2D eigenvalue weighted by molar-refractivity contribution is 0.744. The Morgan fingerprint density at radius 1 is 1.19 bits per heavy atom. The summed E-state index contributed by atoms with van der Waals surface area (Å²) < 4.78 is 1.78. The second-order valence-electron chi connectivity index (χ2n) is 3.21. The van der Waals surface area contributed by atoms with E-state index < -0.39 is 0 Å². The maximum Gasteiger partial charge on any atom is 0.153 e. The molecule has 0 unspecified atom stereocenters. The van der Waals surface area contributed by atoms with Crippen molar-refractivity contribution in [3.63, 3.8) is 0 Å². The summed E-state index contributed by atoms with van der Waals surface area (Å²) in [5.74, 6) is 0.566. The summed E-state index contributed by atoms with van der Waals surface area (Å²) in [6, 6.07) is 3.86. The summed E-state index contributed by atoms with van der Waals surface area (Å²) in [6.45, 7) is 2.00. The number of anilines is 1. The fraction of sp³-hybridized carbons (Fsp3) is 0.200. The van der Waals surface area contributed by atoms with E-state index in [9.17, 15) is 0 Å². The van der Waals surface area contributed by atoms with Crippen LogP contribution in [0.25, 0.3) is 11.1 Å². The Morgan fingerprint density at radius 2 is 1.75 bits per heavy atom. The number of nitrogens with two attached hydrogens (primary N) is 1. The Kier molecular flexibility index (Phi) is 4.61. The van der Waals surface area contributed by atoms with Crippen LogP contribution in [0.15, 0.2) is 24.5 Å². The van der Waals surface area contributed by atoms with Crippen molar-refractivity contribution in [2.75, 3.05) is 5.73 Å². The van der Waals surface area contributed by atoms with Gasteiger partial charge in [0, 0.05) is 30.7 Å². The molecule has 2 aromatic rings. The van der Waals surface area contributed by atoms with Crippen LogP contribution in [0.2, 0.25) is 0 Å². The molecule has 0 amide bonds. The predicted molar refractivity (Wildman–Crippen MR) is 62.8 cm³/mol. The average molecular weight is 224 g/mol. The van der Waals surface area contributed by atoms with Gasteiger partial charge in [-0.2, -0.15) is 5.10 Å². The molecule has 0 bridgehead atoms. The first kappa shape index (κ1) is 14.1. The van der Waals surface area contributed by atoms with Crippen LogP contribution in [-0.4, -0.2) is 25.7 Å². The molecule has 6 N–H and O–H groups in total. The van der Waals surface area contributed by atoms with Crippen molar-refractivity contribution in [3.05, 3.63) is 30.2 Å². The number of hydrogen-bond acceptors (Lipinski definition) is 3. The van der Waals surface area contributed by atoms with Crippen LogP contribution in [0.4, 0.5) is 5.82 Å². The smallest absolute Gasteiger partial charge is 0.153 e. The standard InChI is InChI=1S/C10H12N4.2H2O/c1-7-9(10(11)13-14(7)2)8-3-5-12-6-4-8;;/h3-6H,1-2H3,(H2,11,13);2*1H2. The third-order valence-corrected chi connectivity index (χ3v) is 2.33.